The maximum atomic E-state index is 11.8. The van der Waals surface area contributed by atoms with Gasteiger partial charge < -0.3 is 0 Å². The van der Waals surface area contributed by atoms with Crippen LogP contribution in [0.1, 0.15) is 27.7 Å². The quantitative estimate of drug-likeness (QED) is 0.556. The Morgan fingerprint density at radius 3 is 2.30 bits per heavy atom. The molecule has 3 heteroatoms. The summed E-state index contributed by atoms with van der Waals surface area (Å²) in [5.41, 5.74) is 5.63. The topological polar surface area (TPSA) is 17.1 Å². The molecule has 1 nitrogen and oxygen atoms in total. The number of Topliss-reactive ketones (excluding diaryl/α,β-unsaturated/α-hetero) is 1. The van der Waals surface area contributed by atoms with Gasteiger partial charge in [-0.2, -0.15) is 0 Å². The standard InChI is InChI=1S/C17H20OSSi/c1-13(18)15-10-11-19-17(15)16(12-20(2,3)4)14-8-6-5-7-9-14/h5-12H,1-4H3/b16-12+. The van der Waals surface area contributed by atoms with E-state index in [-0.39, 0.29) is 5.78 Å². The Morgan fingerprint density at radius 2 is 1.75 bits per heavy atom. The highest BCUT2D eigenvalue weighted by atomic mass is 32.1. The van der Waals surface area contributed by atoms with E-state index >= 15 is 0 Å². The first-order valence-corrected chi connectivity index (χ1v) is 11.2. The molecule has 0 N–H and O–H groups in total. The minimum absolute atomic E-state index is 0.138. The Balaban J connectivity index is 2.62. The van der Waals surface area contributed by atoms with Gasteiger partial charge in [0.25, 0.3) is 0 Å². The predicted octanol–water partition coefficient (Wildman–Crippen LogP) is 5.26. The molecule has 2 rings (SSSR count). The molecule has 0 atom stereocenters. The van der Waals surface area contributed by atoms with Crippen LogP contribution >= 0.6 is 11.3 Å². The molecule has 0 aliphatic carbocycles. The zero-order valence-corrected chi connectivity index (χ0v) is 14.3. The van der Waals surface area contributed by atoms with Crippen molar-refractivity contribution in [2.75, 3.05) is 0 Å². The van der Waals surface area contributed by atoms with Crippen LogP contribution in [0.4, 0.5) is 0 Å². The van der Waals surface area contributed by atoms with Crippen molar-refractivity contribution < 1.29 is 4.79 Å². The molecule has 0 fully saturated rings. The second-order valence-corrected chi connectivity index (χ2v) is 11.9. The lowest BCUT2D eigenvalue weighted by Gasteiger charge is -2.15. The molecule has 20 heavy (non-hydrogen) atoms. The van der Waals surface area contributed by atoms with Gasteiger partial charge >= 0.3 is 0 Å². The third-order valence-electron chi connectivity index (χ3n) is 2.95. The van der Waals surface area contributed by atoms with Crippen LogP contribution < -0.4 is 0 Å². The number of hydrogen-bond donors (Lipinski definition) is 0. The van der Waals surface area contributed by atoms with Gasteiger partial charge in [0, 0.05) is 10.4 Å². The molecule has 0 unspecified atom stereocenters. The van der Waals surface area contributed by atoms with E-state index in [4.69, 9.17) is 0 Å². The van der Waals surface area contributed by atoms with Gasteiger partial charge in [-0.15, -0.1) is 11.3 Å². The second kappa shape index (κ2) is 5.90. The van der Waals surface area contributed by atoms with Gasteiger partial charge in [0.15, 0.2) is 5.78 Å². The second-order valence-electron chi connectivity index (χ2n) is 6.01. The highest BCUT2D eigenvalue weighted by Gasteiger charge is 2.18. The fraction of sp³-hybridized carbons (Fsp3) is 0.235. The molecule has 0 saturated carbocycles. The van der Waals surface area contributed by atoms with Crippen molar-refractivity contribution in [1.82, 2.24) is 0 Å². The van der Waals surface area contributed by atoms with Crippen LogP contribution in [0.2, 0.25) is 19.6 Å². The molecule has 1 aromatic heterocycles. The van der Waals surface area contributed by atoms with E-state index in [1.807, 2.05) is 17.5 Å². The number of benzene rings is 1. The average Bonchev–Trinajstić information content (AvgIpc) is 2.85. The summed E-state index contributed by atoms with van der Waals surface area (Å²) < 4.78 is 0. The SMILES string of the molecule is CC(=O)c1ccsc1/C(=C/[Si](C)(C)C)c1ccccc1. The summed E-state index contributed by atoms with van der Waals surface area (Å²) in [5.74, 6) is 0.138. The minimum Gasteiger partial charge on any atom is -0.294 e. The van der Waals surface area contributed by atoms with E-state index in [0.717, 1.165) is 10.4 Å². The molecule has 104 valence electrons. The van der Waals surface area contributed by atoms with Crippen LogP contribution in [0.3, 0.4) is 0 Å². The number of thiophene rings is 1. The summed E-state index contributed by atoms with van der Waals surface area (Å²) in [7, 11) is -1.38. The van der Waals surface area contributed by atoms with Crippen LogP contribution in [-0.2, 0) is 0 Å². The highest BCUT2D eigenvalue weighted by Crippen LogP contribution is 2.32. The fourth-order valence-electron chi connectivity index (χ4n) is 2.13. The lowest BCUT2D eigenvalue weighted by molar-refractivity contribution is 0.101. The van der Waals surface area contributed by atoms with E-state index in [2.05, 4.69) is 49.6 Å². The maximum absolute atomic E-state index is 11.8. The van der Waals surface area contributed by atoms with Crippen molar-refractivity contribution in [3.8, 4) is 0 Å². The third-order valence-corrected chi connectivity index (χ3v) is 5.05. The van der Waals surface area contributed by atoms with Crippen molar-refractivity contribution in [3.63, 3.8) is 0 Å². The van der Waals surface area contributed by atoms with E-state index in [1.165, 1.54) is 11.1 Å². The van der Waals surface area contributed by atoms with E-state index in [0.29, 0.717) is 0 Å². The Morgan fingerprint density at radius 1 is 1.10 bits per heavy atom. The number of rotatable bonds is 4. The Hall–Kier alpha value is -1.45. The van der Waals surface area contributed by atoms with Gasteiger partial charge in [0.2, 0.25) is 0 Å². The molecular weight excluding hydrogens is 280 g/mol. The minimum atomic E-state index is -1.38. The van der Waals surface area contributed by atoms with E-state index in [1.54, 1.807) is 18.3 Å². The molecule has 0 amide bonds. The van der Waals surface area contributed by atoms with E-state index in [9.17, 15) is 4.79 Å². The average molecular weight is 300 g/mol. The zero-order chi connectivity index (χ0) is 14.8. The summed E-state index contributed by atoms with van der Waals surface area (Å²) >= 11 is 1.65. The normalized spacial score (nSPS) is 12.5. The lowest BCUT2D eigenvalue weighted by Crippen LogP contribution is -2.17. The smallest absolute Gasteiger partial charge is 0.161 e. The third kappa shape index (κ3) is 3.55. The first-order chi connectivity index (χ1) is 9.38. The summed E-state index contributed by atoms with van der Waals surface area (Å²) in [5, 5.41) is 2.01. The molecule has 2 aromatic rings. The molecule has 0 aliphatic rings. The van der Waals surface area contributed by atoms with Crippen molar-refractivity contribution in [1.29, 1.82) is 0 Å². The molecule has 0 saturated heterocycles. The zero-order valence-electron chi connectivity index (χ0n) is 12.4. The summed E-state index contributed by atoms with van der Waals surface area (Å²) in [6.07, 6.45) is 0. The Kier molecular flexibility index (Phi) is 4.41. The largest absolute Gasteiger partial charge is 0.294 e. The first-order valence-electron chi connectivity index (χ1n) is 6.75. The monoisotopic (exact) mass is 300 g/mol. The van der Waals surface area contributed by atoms with Crippen molar-refractivity contribution in [2.45, 2.75) is 26.6 Å². The number of ketones is 1. The van der Waals surface area contributed by atoms with Gasteiger partial charge in [-0.3, -0.25) is 4.79 Å². The first kappa shape index (κ1) is 14.9. The predicted molar refractivity (Wildman–Crippen MR) is 91.2 cm³/mol. The number of carbonyl (C=O) groups excluding carboxylic acids is 1. The fourth-order valence-corrected chi connectivity index (χ4v) is 4.39. The van der Waals surface area contributed by atoms with Crippen molar-refractivity contribution in [2.24, 2.45) is 0 Å². The van der Waals surface area contributed by atoms with Gasteiger partial charge in [0.05, 0.1) is 8.07 Å². The summed E-state index contributed by atoms with van der Waals surface area (Å²) in [6, 6.07) is 12.3. The van der Waals surface area contributed by atoms with Crippen LogP contribution in [0.15, 0.2) is 47.5 Å². The van der Waals surface area contributed by atoms with Crippen LogP contribution in [0.25, 0.3) is 5.57 Å². The van der Waals surface area contributed by atoms with Crippen LogP contribution in [0.5, 0.6) is 0 Å². The van der Waals surface area contributed by atoms with Crippen LogP contribution in [0, 0.1) is 0 Å². The molecule has 1 heterocycles. The molecule has 1 aromatic carbocycles. The van der Waals surface area contributed by atoms with Crippen LogP contribution in [-0.4, -0.2) is 13.9 Å². The molecule has 0 aliphatic heterocycles. The Bertz CT molecular complexity index is 633. The van der Waals surface area contributed by atoms with Gasteiger partial charge in [-0.25, -0.2) is 0 Å². The summed E-state index contributed by atoms with van der Waals surface area (Å²) in [6.45, 7) is 8.59. The molecule has 0 bridgehead atoms. The number of hydrogen-bond acceptors (Lipinski definition) is 2. The Labute approximate surface area is 126 Å². The molecule has 0 radical (unpaired) electrons. The van der Waals surface area contributed by atoms with Gasteiger partial charge in [-0.05, 0) is 29.5 Å². The van der Waals surface area contributed by atoms with Gasteiger partial charge in [0.1, 0.15) is 0 Å². The van der Waals surface area contributed by atoms with Crippen molar-refractivity contribution >= 4 is 30.8 Å². The maximum Gasteiger partial charge on any atom is 0.161 e. The molecular formula is C17H20OSSi. The van der Waals surface area contributed by atoms with E-state index < -0.39 is 8.07 Å². The van der Waals surface area contributed by atoms with Crippen molar-refractivity contribution in [3.05, 3.63) is 63.5 Å². The van der Waals surface area contributed by atoms with Gasteiger partial charge in [-0.1, -0.05) is 55.7 Å². The summed E-state index contributed by atoms with van der Waals surface area (Å²) in [4.78, 5) is 12.9. The number of carbonyl (C=O) groups is 1. The lowest BCUT2D eigenvalue weighted by atomic mass is 10.0. The molecule has 0 spiro atoms. The highest BCUT2D eigenvalue weighted by molar-refractivity contribution is 7.11.